The molecule has 0 spiro atoms. The molecular weight excluding hydrogens is 288 g/mol. The highest BCUT2D eigenvalue weighted by Gasteiger charge is 2.53. The molecule has 0 aromatic carbocycles. The minimum atomic E-state index is -2.95. The Balaban J connectivity index is 2.76. The van der Waals surface area contributed by atoms with E-state index in [1.165, 1.54) is 4.90 Å². The van der Waals surface area contributed by atoms with Gasteiger partial charge in [0.15, 0.2) is 0 Å². The summed E-state index contributed by atoms with van der Waals surface area (Å²) in [6.07, 6.45) is 0.110. The van der Waals surface area contributed by atoms with Crippen LogP contribution in [0.25, 0.3) is 0 Å². The van der Waals surface area contributed by atoms with Crippen molar-refractivity contribution in [3.05, 3.63) is 0 Å². The van der Waals surface area contributed by atoms with Gasteiger partial charge in [-0.05, 0) is 40.0 Å². The van der Waals surface area contributed by atoms with Gasteiger partial charge in [-0.3, -0.25) is 4.90 Å². The summed E-state index contributed by atoms with van der Waals surface area (Å²) in [7, 11) is -2.95. The van der Waals surface area contributed by atoms with Crippen molar-refractivity contribution in [2.24, 2.45) is 4.36 Å². The minimum absolute atomic E-state index is 0.291. The summed E-state index contributed by atoms with van der Waals surface area (Å²) in [5.74, 6) is 0. The molecule has 8 nitrogen and oxygen atoms in total. The molecule has 114 valence electrons. The predicted molar refractivity (Wildman–Crippen MR) is 68.2 cm³/mol. The number of rotatable bonds is 2. The molecule has 0 N–H and O–H groups in total. The molecule has 1 rings (SSSR count). The van der Waals surface area contributed by atoms with E-state index in [0.29, 0.717) is 0 Å². The molecule has 1 fully saturated rings. The fourth-order valence-electron chi connectivity index (χ4n) is 2.24. The van der Waals surface area contributed by atoms with Crippen molar-refractivity contribution in [1.82, 2.24) is 4.90 Å². The third kappa shape index (κ3) is 3.92. The molecule has 2 amide bonds. The second kappa shape index (κ2) is 5.78. The van der Waals surface area contributed by atoms with E-state index in [0.717, 1.165) is 19.3 Å². The Hall–Kier alpha value is -1.64. The van der Waals surface area contributed by atoms with Crippen molar-refractivity contribution < 1.29 is 27.8 Å². The summed E-state index contributed by atoms with van der Waals surface area (Å²) in [6.45, 7) is 7.47. The van der Waals surface area contributed by atoms with E-state index in [-0.39, 0.29) is 5.54 Å². The normalized spacial score (nSPS) is 16.0. The number of hydrogen-bond acceptors (Lipinski definition) is 6. The molecule has 0 aromatic heterocycles. The van der Waals surface area contributed by atoms with Crippen LogP contribution < -0.4 is 0 Å². The van der Waals surface area contributed by atoms with E-state index in [4.69, 9.17) is 0 Å². The van der Waals surface area contributed by atoms with Crippen LogP contribution in [0.2, 0.25) is 0 Å². The summed E-state index contributed by atoms with van der Waals surface area (Å²) in [4.78, 5) is 32.9. The van der Waals surface area contributed by atoms with Gasteiger partial charge in [0.2, 0.25) is 0 Å². The average Bonchev–Trinajstić information content (AvgIpc) is 3.04. The first-order valence-corrected chi connectivity index (χ1v) is 7.19. The van der Waals surface area contributed by atoms with Gasteiger partial charge in [-0.25, -0.2) is 19.4 Å². The number of carbonyl (C=O) groups excluding carboxylic acids is 2. The van der Waals surface area contributed by atoms with Crippen LogP contribution in [0, 0.1) is 0 Å². The van der Waals surface area contributed by atoms with E-state index < -0.39 is 28.2 Å². The summed E-state index contributed by atoms with van der Waals surface area (Å²) < 4.78 is 22.8. The molecule has 0 radical (unpaired) electrons. The number of nitrogens with zero attached hydrogens (tertiary/aromatic N) is 2. The number of amides is 2. The van der Waals surface area contributed by atoms with Crippen LogP contribution in [0.5, 0.6) is 0 Å². The van der Waals surface area contributed by atoms with E-state index in [1.54, 1.807) is 0 Å². The Morgan fingerprint density at radius 2 is 1.80 bits per heavy atom. The molecule has 0 atom stereocenters. The highest BCUT2D eigenvalue weighted by atomic mass is 32.2. The van der Waals surface area contributed by atoms with Crippen molar-refractivity contribution in [2.75, 3.05) is 0 Å². The molecule has 0 bridgehead atoms. The van der Waals surface area contributed by atoms with Crippen molar-refractivity contribution in [2.45, 2.75) is 58.0 Å². The molecule has 0 unspecified atom stereocenters. The van der Waals surface area contributed by atoms with Crippen molar-refractivity contribution in [1.29, 1.82) is 0 Å². The summed E-state index contributed by atoms with van der Waals surface area (Å²) in [6, 6.07) is 0. The first kappa shape index (κ1) is 16.4. The lowest BCUT2D eigenvalue weighted by Gasteiger charge is -2.40. The predicted octanol–water partition coefficient (Wildman–Crippen LogP) is 2.28. The van der Waals surface area contributed by atoms with Crippen LogP contribution in [-0.2, 0) is 20.3 Å². The van der Waals surface area contributed by atoms with Crippen LogP contribution in [0.4, 0.5) is 9.59 Å². The Morgan fingerprint density at radius 1 is 1.25 bits per heavy atom. The van der Waals surface area contributed by atoms with E-state index in [2.05, 4.69) is 14.1 Å². The maximum atomic E-state index is 12.1. The van der Waals surface area contributed by atoms with Gasteiger partial charge in [-0.15, -0.1) is 0 Å². The molecule has 0 saturated heterocycles. The lowest BCUT2D eigenvalue weighted by Crippen LogP contribution is -2.53. The fraction of sp³-hybridized carbons (Fsp3) is 0.818. The summed E-state index contributed by atoms with van der Waals surface area (Å²) in [5.41, 5.74) is -0.811. The van der Waals surface area contributed by atoms with Gasteiger partial charge in [0.05, 0.1) is 0 Å². The van der Waals surface area contributed by atoms with Gasteiger partial charge in [-0.2, -0.15) is 8.42 Å². The van der Waals surface area contributed by atoms with Gasteiger partial charge in [0, 0.05) is 11.1 Å². The number of hydrogen-bond donors (Lipinski definition) is 0. The van der Waals surface area contributed by atoms with Gasteiger partial charge in [-0.1, -0.05) is 11.3 Å². The zero-order valence-corrected chi connectivity index (χ0v) is 12.7. The Labute approximate surface area is 118 Å². The monoisotopic (exact) mass is 306 g/mol. The quantitative estimate of drug-likeness (QED) is 0.573. The van der Waals surface area contributed by atoms with Gasteiger partial charge < -0.3 is 0 Å². The minimum Gasteiger partial charge on any atom is -0.295 e. The molecule has 9 heteroatoms. The molecule has 1 aliphatic rings. The highest BCUT2D eigenvalue weighted by Crippen LogP contribution is 2.48. The molecule has 20 heavy (non-hydrogen) atoms. The Morgan fingerprint density at radius 3 is 2.15 bits per heavy atom. The van der Waals surface area contributed by atoms with Crippen LogP contribution in [0.1, 0.15) is 47.0 Å². The van der Waals surface area contributed by atoms with Crippen LogP contribution >= 0.6 is 0 Å². The SMILES string of the molecule is CCC1(N(C(=O)OOC(=O)N=S(=O)=O)C(C)(C)C)CC1. The lowest BCUT2D eigenvalue weighted by molar-refractivity contribution is -0.192. The van der Waals surface area contributed by atoms with E-state index in [9.17, 15) is 18.0 Å². The number of carbonyl (C=O) groups is 2. The second-order valence-electron chi connectivity index (χ2n) is 5.59. The topological polar surface area (TPSA) is 102 Å². The molecule has 1 aliphatic carbocycles. The van der Waals surface area contributed by atoms with Crippen molar-refractivity contribution in [3.8, 4) is 0 Å². The first-order valence-electron chi connectivity index (χ1n) is 6.16. The molecule has 0 aromatic rings. The zero-order valence-electron chi connectivity index (χ0n) is 11.9. The molecule has 0 aliphatic heterocycles. The lowest BCUT2D eigenvalue weighted by atomic mass is 10.0. The third-order valence-electron chi connectivity index (χ3n) is 3.15. The molecule has 0 heterocycles. The Kier molecular flexibility index (Phi) is 4.74. The van der Waals surface area contributed by atoms with Gasteiger partial charge in [0.1, 0.15) is 0 Å². The smallest absolute Gasteiger partial charge is 0.295 e. The maximum absolute atomic E-state index is 12.1. The third-order valence-corrected chi connectivity index (χ3v) is 3.44. The maximum Gasteiger partial charge on any atom is 0.490 e. The van der Waals surface area contributed by atoms with Gasteiger partial charge in [0.25, 0.3) is 0 Å². The second-order valence-corrected chi connectivity index (χ2v) is 6.21. The molecule has 1 saturated carbocycles. The largest absolute Gasteiger partial charge is 0.490 e. The van der Waals surface area contributed by atoms with Gasteiger partial charge >= 0.3 is 22.7 Å². The van der Waals surface area contributed by atoms with Crippen LogP contribution in [0.3, 0.4) is 0 Å². The van der Waals surface area contributed by atoms with Crippen molar-refractivity contribution >= 4 is 22.7 Å². The molecular formula is C11H18N2O6S. The fourth-order valence-corrected chi connectivity index (χ4v) is 2.40. The summed E-state index contributed by atoms with van der Waals surface area (Å²) in [5, 5.41) is 0. The van der Waals surface area contributed by atoms with Crippen molar-refractivity contribution in [3.63, 3.8) is 0 Å². The summed E-state index contributed by atoms with van der Waals surface area (Å²) >= 11 is 0. The van der Waals surface area contributed by atoms with Crippen LogP contribution in [-0.4, -0.2) is 36.6 Å². The standard InChI is InChI=1S/C11H18N2O6S/c1-5-11(6-7-11)13(10(2,3)4)9(15)19-18-8(14)12-20(16)17/h5-7H2,1-4H3. The van der Waals surface area contributed by atoms with Crippen LogP contribution in [0.15, 0.2) is 4.36 Å². The first-order chi connectivity index (χ1) is 9.12. The Bertz CT molecular complexity index is 522. The highest BCUT2D eigenvalue weighted by molar-refractivity contribution is 7.62. The average molecular weight is 306 g/mol. The van der Waals surface area contributed by atoms with E-state index in [1.807, 2.05) is 27.7 Å². The zero-order chi connectivity index (χ0) is 15.6. The van der Waals surface area contributed by atoms with E-state index >= 15 is 0 Å².